The van der Waals surface area contributed by atoms with Gasteiger partial charge in [0.05, 0.1) is 6.61 Å². The van der Waals surface area contributed by atoms with E-state index in [9.17, 15) is 4.79 Å². The molecular formula is C13H21NO2S. The van der Waals surface area contributed by atoms with Crippen molar-refractivity contribution in [2.75, 3.05) is 13.2 Å². The van der Waals surface area contributed by atoms with Crippen LogP contribution in [0.1, 0.15) is 32.6 Å². The van der Waals surface area contributed by atoms with E-state index < -0.39 is 0 Å². The minimum absolute atomic E-state index is 0.0366. The molecule has 4 heteroatoms. The number of rotatable bonds is 6. The molecule has 1 heterocycles. The Labute approximate surface area is 107 Å². The third-order valence-corrected chi connectivity index (χ3v) is 3.91. The summed E-state index contributed by atoms with van der Waals surface area (Å²) in [6.07, 6.45) is 0. The largest absolute Gasteiger partial charge is 0.465 e. The Kier molecular flexibility index (Phi) is 5.15. The average molecular weight is 255 g/mol. The van der Waals surface area contributed by atoms with Gasteiger partial charge in [0.2, 0.25) is 0 Å². The molecule has 0 saturated heterocycles. The summed E-state index contributed by atoms with van der Waals surface area (Å²) in [5, 5.41) is 5.30. The van der Waals surface area contributed by atoms with Gasteiger partial charge in [0.15, 0.2) is 0 Å². The van der Waals surface area contributed by atoms with Crippen molar-refractivity contribution in [3.63, 3.8) is 0 Å². The number of carbonyl (C=O) groups excluding carboxylic acids is 1. The van der Waals surface area contributed by atoms with Crippen molar-refractivity contribution in [1.29, 1.82) is 0 Å². The molecule has 0 bridgehead atoms. The minimum atomic E-state index is -0.255. The molecule has 0 aliphatic heterocycles. The van der Waals surface area contributed by atoms with E-state index >= 15 is 0 Å². The number of hydrogen-bond acceptors (Lipinski definition) is 4. The van der Waals surface area contributed by atoms with E-state index in [1.165, 1.54) is 4.88 Å². The van der Waals surface area contributed by atoms with Crippen molar-refractivity contribution >= 4 is 17.3 Å². The van der Waals surface area contributed by atoms with E-state index in [-0.39, 0.29) is 17.4 Å². The highest BCUT2D eigenvalue weighted by molar-refractivity contribution is 7.10. The van der Waals surface area contributed by atoms with Crippen LogP contribution in [0.2, 0.25) is 0 Å². The molecule has 0 fully saturated rings. The number of thiophene rings is 1. The lowest BCUT2D eigenvalue weighted by molar-refractivity contribution is -0.145. The monoisotopic (exact) mass is 255 g/mol. The van der Waals surface area contributed by atoms with Gasteiger partial charge >= 0.3 is 5.97 Å². The first-order valence-corrected chi connectivity index (χ1v) is 6.79. The lowest BCUT2D eigenvalue weighted by Gasteiger charge is -2.25. The fraction of sp³-hybridized carbons (Fsp3) is 0.615. The topological polar surface area (TPSA) is 38.3 Å². The summed E-state index contributed by atoms with van der Waals surface area (Å²) in [6, 6.07) is 3.92. The van der Waals surface area contributed by atoms with Crippen LogP contribution in [-0.2, 0) is 14.9 Å². The smallest absolute Gasteiger partial charge is 0.322 e. The summed E-state index contributed by atoms with van der Waals surface area (Å²) in [4.78, 5) is 12.8. The lowest BCUT2D eigenvalue weighted by atomic mass is 9.91. The van der Waals surface area contributed by atoms with Gasteiger partial charge in [0.25, 0.3) is 0 Å². The highest BCUT2D eigenvalue weighted by Gasteiger charge is 2.24. The Bertz CT molecular complexity index is 346. The Morgan fingerprint density at radius 1 is 1.59 bits per heavy atom. The molecule has 1 aromatic rings. The van der Waals surface area contributed by atoms with Crippen molar-refractivity contribution in [3.8, 4) is 0 Å². The summed E-state index contributed by atoms with van der Waals surface area (Å²) < 4.78 is 4.96. The maximum atomic E-state index is 11.5. The predicted octanol–water partition coefficient (Wildman–Crippen LogP) is 2.57. The zero-order chi connectivity index (χ0) is 12.9. The molecule has 3 nitrogen and oxygen atoms in total. The van der Waals surface area contributed by atoms with Gasteiger partial charge in [-0.25, -0.2) is 0 Å². The molecule has 0 amide bonds. The molecular weight excluding hydrogens is 234 g/mol. The molecule has 0 saturated carbocycles. The predicted molar refractivity (Wildman–Crippen MR) is 71.4 cm³/mol. The van der Waals surface area contributed by atoms with Crippen LogP contribution >= 0.6 is 11.3 Å². The summed E-state index contributed by atoms with van der Waals surface area (Å²) >= 11 is 1.74. The molecule has 17 heavy (non-hydrogen) atoms. The van der Waals surface area contributed by atoms with Crippen molar-refractivity contribution in [3.05, 3.63) is 22.4 Å². The third kappa shape index (κ3) is 4.13. The zero-order valence-electron chi connectivity index (χ0n) is 10.9. The van der Waals surface area contributed by atoms with Gasteiger partial charge in [0.1, 0.15) is 6.04 Å². The van der Waals surface area contributed by atoms with Crippen LogP contribution in [0.3, 0.4) is 0 Å². The second-order valence-corrected chi connectivity index (χ2v) is 5.66. The minimum Gasteiger partial charge on any atom is -0.465 e. The first-order chi connectivity index (χ1) is 7.97. The number of esters is 1. The molecule has 0 aliphatic carbocycles. The molecule has 1 rings (SSSR count). The zero-order valence-corrected chi connectivity index (χ0v) is 11.8. The van der Waals surface area contributed by atoms with Crippen LogP contribution in [0.15, 0.2) is 17.5 Å². The SMILES string of the molecule is CCOC(=O)C(C)NCC(C)(C)c1cccs1. The van der Waals surface area contributed by atoms with Crippen molar-refractivity contribution < 1.29 is 9.53 Å². The van der Waals surface area contributed by atoms with Gasteiger partial charge < -0.3 is 10.1 Å². The molecule has 1 N–H and O–H groups in total. The van der Waals surface area contributed by atoms with Crippen LogP contribution < -0.4 is 5.32 Å². The van der Waals surface area contributed by atoms with Gasteiger partial charge in [-0.3, -0.25) is 4.79 Å². The summed E-state index contributed by atoms with van der Waals surface area (Å²) in [5.74, 6) is -0.186. The first kappa shape index (κ1) is 14.2. The van der Waals surface area contributed by atoms with Gasteiger partial charge in [-0.1, -0.05) is 19.9 Å². The molecule has 96 valence electrons. The second kappa shape index (κ2) is 6.17. The van der Waals surface area contributed by atoms with E-state index in [0.29, 0.717) is 6.61 Å². The normalized spacial score (nSPS) is 13.4. The molecule has 0 aromatic carbocycles. The third-order valence-electron chi connectivity index (χ3n) is 2.68. The number of nitrogens with one attached hydrogen (secondary N) is 1. The summed E-state index contributed by atoms with van der Waals surface area (Å²) in [5.41, 5.74) is 0.0366. The molecule has 0 aliphatic rings. The van der Waals surface area contributed by atoms with E-state index in [0.717, 1.165) is 6.54 Å². The highest BCUT2D eigenvalue weighted by Crippen LogP contribution is 2.26. The Morgan fingerprint density at radius 2 is 2.29 bits per heavy atom. The fourth-order valence-electron chi connectivity index (χ4n) is 1.51. The Balaban J connectivity index is 2.47. The summed E-state index contributed by atoms with van der Waals surface area (Å²) in [6.45, 7) is 9.18. The number of carbonyl (C=O) groups is 1. The first-order valence-electron chi connectivity index (χ1n) is 5.91. The van der Waals surface area contributed by atoms with Crippen LogP contribution in [0, 0.1) is 0 Å². The standard InChI is InChI=1S/C13H21NO2S/c1-5-16-12(15)10(2)14-9-13(3,4)11-7-6-8-17-11/h6-8,10,14H,5,9H2,1-4H3. The fourth-order valence-corrected chi connectivity index (χ4v) is 2.36. The lowest BCUT2D eigenvalue weighted by Crippen LogP contribution is -2.42. The maximum absolute atomic E-state index is 11.5. The molecule has 1 unspecified atom stereocenters. The van der Waals surface area contributed by atoms with Crippen LogP contribution in [0.5, 0.6) is 0 Å². The Hall–Kier alpha value is -0.870. The van der Waals surface area contributed by atoms with Crippen LogP contribution in [-0.4, -0.2) is 25.2 Å². The number of ether oxygens (including phenoxy) is 1. The van der Waals surface area contributed by atoms with Crippen molar-refractivity contribution in [1.82, 2.24) is 5.32 Å². The van der Waals surface area contributed by atoms with Crippen LogP contribution in [0.25, 0.3) is 0 Å². The molecule has 0 radical (unpaired) electrons. The van der Waals surface area contributed by atoms with Gasteiger partial charge in [0, 0.05) is 16.8 Å². The molecule has 1 atom stereocenters. The summed E-state index contributed by atoms with van der Waals surface area (Å²) in [7, 11) is 0. The molecule has 0 spiro atoms. The number of hydrogen-bond donors (Lipinski definition) is 1. The van der Waals surface area contributed by atoms with E-state index in [1.807, 2.05) is 13.8 Å². The van der Waals surface area contributed by atoms with Crippen LogP contribution in [0.4, 0.5) is 0 Å². The average Bonchev–Trinajstić information content (AvgIpc) is 2.80. The van der Waals surface area contributed by atoms with Gasteiger partial charge in [-0.15, -0.1) is 11.3 Å². The highest BCUT2D eigenvalue weighted by atomic mass is 32.1. The second-order valence-electron chi connectivity index (χ2n) is 4.72. The maximum Gasteiger partial charge on any atom is 0.322 e. The van der Waals surface area contributed by atoms with Crippen molar-refractivity contribution in [2.45, 2.75) is 39.2 Å². The van der Waals surface area contributed by atoms with E-state index in [2.05, 4.69) is 36.7 Å². The Morgan fingerprint density at radius 3 is 2.82 bits per heavy atom. The van der Waals surface area contributed by atoms with E-state index in [4.69, 9.17) is 4.74 Å². The van der Waals surface area contributed by atoms with Gasteiger partial charge in [-0.05, 0) is 25.3 Å². The van der Waals surface area contributed by atoms with Crippen molar-refractivity contribution in [2.24, 2.45) is 0 Å². The van der Waals surface area contributed by atoms with E-state index in [1.54, 1.807) is 11.3 Å². The molecule has 1 aromatic heterocycles. The quantitative estimate of drug-likeness (QED) is 0.794. The van der Waals surface area contributed by atoms with Gasteiger partial charge in [-0.2, -0.15) is 0 Å².